The fourth-order valence-electron chi connectivity index (χ4n) is 2.77. The minimum Gasteiger partial charge on any atom is -0.276 e. The maximum atomic E-state index is 13.6. The highest BCUT2D eigenvalue weighted by molar-refractivity contribution is 5.20. The second kappa shape index (κ2) is 8.11. The molecule has 0 radical (unpaired) electrons. The molecule has 2 rings (SSSR count). The Labute approximate surface area is 144 Å². The molecule has 7 heteroatoms. The van der Waals surface area contributed by atoms with Gasteiger partial charge < -0.3 is 0 Å². The van der Waals surface area contributed by atoms with Crippen molar-refractivity contribution in [2.24, 2.45) is 0 Å². The smallest absolute Gasteiger partial charge is 0.276 e. The maximum absolute atomic E-state index is 13.6. The Morgan fingerprint density at radius 3 is 2.04 bits per heavy atom. The number of rotatable bonds is 7. The van der Waals surface area contributed by atoms with Gasteiger partial charge >= 0.3 is 6.18 Å². The van der Waals surface area contributed by atoms with Crippen molar-refractivity contribution in [2.75, 3.05) is 6.54 Å². The predicted molar refractivity (Wildman–Crippen MR) is 88.5 cm³/mol. The summed E-state index contributed by atoms with van der Waals surface area (Å²) in [6.45, 7) is 0.416. The van der Waals surface area contributed by atoms with Crippen LogP contribution in [0.5, 0.6) is 0 Å². The van der Waals surface area contributed by atoms with E-state index < -0.39 is 29.7 Å². The molecule has 0 saturated heterocycles. The van der Waals surface area contributed by atoms with E-state index >= 15 is 0 Å². The Balaban J connectivity index is 2.40. The lowest BCUT2D eigenvalue weighted by molar-refractivity contribution is -0.496. The van der Waals surface area contributed by atoms with E-state index in [9.17, 15) is 23.3 Å². The number of benzene rings is 2. The molecule has 2 atom stereocenters. The molecule has 0 saturated carbocycles. The van der Waals surface area contributed by atoms with E-state index in [1.807, 2.05) is 0 Å². The summed E-state index contributed by atoms with van der Waals surface area (Å²) in [6.07, 6.45) is -4.70. The van der Waals surface area contributed by atoms with E-state index in [0.29, 0.717) is 11.1 Å². The van der Waals surface area contributed by atoms with Crippen molar-refractivity contribution in [3.05, 3.63) is 81.9 Å². The third-order valence-electron chi connectivity index (χ3n) is 4.09. The van der Waals surface area contributed by atoms with Gasteiger partial charge in [0.15, 0.2) is 6.04 Å². The van der Waals surface area contributed by atoms with Crippen LogP contribution in [0.15, 0.2) is 60.7 Å². The molecule has 0 fully saturated rings. The monoisotopic (exact) mass is 352 g/mol. The summed E-state index contributed by atoms with van der Waals surface area (Å²) in [5, 5.41) is 10.9. The molecule has 0 aliphatic rings. The van der Waals surface area contributed by atoms with Gasteiger partial charge in [-0.05, 0) is 18.1 Å². The van der Waals surface area contributed by atoms with Crippen LogP contribution in [-0.2, 0) is 6.54 Å². The minimum absolute atomic E-state index is 0.0328. The van der Waals surface area contributed by atoms with Gasteiger partial charge in [0.2, 0.25) is 6.54 Å². The van der Waals surface area contributed by atoms with Gasteiger partial charge in [0.25, 0.3) is 0 Å². The van der Waals surface area contributed by atoms with E-state index in [4.69, 9.17) is 0 Å². The van der Waals surface area contributed by atoms with Gasteiger partial charge in [0.05, 0.1) is 0 Å². The van der Waals surface area contributed by atoms with Crippen molar-refractivity contribution < 1.29 is 18.1 Å². The van der Waals surface area contributed by atoms with E-state index in [1.54, 1.807) is 67.6 Å². The summed E-state index contributed by atoms with van der Waals surface area (Å²) in [4.78, 5) is 11.1. The van der Waals surface area contributed by atoms with Crippen molar-refractivity contribution in [3.63, 3.8) is 0 Å². The highest BCUT2D eigenvalue weighted by Crippen LogP contribution is 2.33. The largest absolute Gasteiger partial charge is 0.410 e. The van der Waals surface area contributed by atoms with Crippen LogP contribution < -0.4 is 0 Å². The molecule has 1 unspecified atom stereocenters. The Kier molecular flexibility index (Phi) is 6.14. The SMILES string of the molecule is C[C@@H](c1ccccc1)N(Cc1ccccc1)C(C[N+](=O)[O-])C(F)(F)F. The van der Waals surface area contributed by atoms with Gasteiger partial charge in [-0.3, -0.25) is 15.0 Å². The topological polar surface area (TPSA) is 46.4 Å². The molecule has 0 aliphatic heterocycles. The van der Waals surface area contributed by atoms with Crippen LogP contribution in [0.1, 0.15) is 24.1 Å². The molecule has 0 aromatic heterocycles. The first-order valence-electron chi connectivity index (χ1n) is 7.82. The molecule has 2 aromatic carbocycles. The number of nitro groups is 1. The average molecular weight is 352 g/mol. The van der Waals surface area contributed by atoms with Crippen LogP contribution in [-0.4, -0.2) is 28.6 Å². The third-order valence-corrected chi connectivity index (χ3v) is 4.09. The Morgan fingerprint density at radius 1 is 1.04 bits per heavy atom. The molecule has 0 heterocycles. The first kappa shape index (κ1) is 18.9. The second-order valence-corrected chi connectivity index (χ2v) is 5.82. The maximum Gasteiger partial charge on any atom is 0.410 e. The molecule has 25 heavy (non-hydrogen) atoms. The lowest BCUT2D eigenvalue weighted by Crippen LogP contribution is -2.50. The molecular weight excluding hydrogens is 333 g/mol. The number of hydrogen-bond donors (Lipinski definition) is 0. The zero-order valence-electron chi connectivity index (χ0n) is 13.7. The first-order chi connectivity index (χ1) is 11.8. The van der Waals surface area contributed by atoms with Crippen LogP contribution in [0.4, 0.5) is 13.2 Å². The van der Waals surface area contributed by atoms with Crippen molar-refractivity contribution >= 4 is 0 Å². The number of alkyl halides is 3. The first-order valence-corrected chi connectivity index (χ1v) is 7.82. The van der Waals surface area contributed by atoms with Gasteiger partial charge in [0.1, 0.15) is 0 Å². The molecule has 0 spiro atoms. The van der Waals surface area contributed by atoms with Crippen molar-refractivity contribution in [1.82, 2.24) is 4.90 Å². The molecule has 2 aromatic rings. The predicted octanol–water partition coefficient (Wildman–Crippen LogP) is 4.46. The van der Waals surface area contributed by atoms with Crippen LogP contribution in [0.25, 0.3) is 0 Å². The summed E-state index contributed by atoms with van der Waals surface area (Å²) >= 11 is 0. The van der Waals surface area contributed by atoms with Crippen LogP contribution in [0.2, 0.25) is 0 Å². The fraction of sp³-hybridized carbons (Fsp3) is 0.333. The van der Waals surface area contributed by atoms with E-state index in [2.05, 4.69) is 0 Å². The van der Waals surface area contributed by atoms with Gasteiger partial charge in [-0.15, -0.1) is 0 Å². The summed E-state index contributed by atoms with van der Waals surface area (Å²) in [6, 6.07) is 14.6. The zero-order chi connectivity index (χ0) is 18.4. The Morgan fingerprint density at radius 2 is 1.56 bits per heavy atom. The summed E-state index contributed by atoms with van der Waals surface area (Å²) in [5.74, 6) is 0. The molecule has 4 nitrogen and oxygen atoms in total. The van der Waals surface area contributed by atoms with Crippen LogP contribution in [0.3, 0.4) is 0 Å². The molecular formula is C18H19F3N2O2. The van der Waals surface area contributed by atoms with Crippen molar-refractivity contribution in [2.45, 2.75) is 31.7 Å². The number of hydrogen-bond acceptors (Lipinski definition) is 3. The standard InChI is InChI=1S/C18H19F3N2O2/c1-14(16-10-6-3-7-11-16)22(12-15-8-4-2-5-9-15)17(13-23(24)25)18(19,20)21/h2-11,14,17H,12-13H2,1H3/t14-,17?/m0/s1. The fourth-order valence-corrected chi connectivity index (χ4v) is 2.77. The van der Waals surface area contributed by atoms with Crippen molar-refractivity contribution in [1.29, 1.82) is 0 Å². The summed E-state index contributed by atoms with van der Waals surface area (Å²) in [5.41, 5.74) is 1.35. The van der Waals surface area contributed by atoms with Crippen molar-refractivity contribution in [3.8, 4) is 0 Å². The summed E-state index contributed by atoms with van der Waals surface area (Å²) in [7, 11) is 0. The zero-order valence-corrected chi connectivity index (χ0v) is 13.7. The Bertz CT molecular complexity index is 678. The third kappa shape index (κ3) is 5.29. The minimum atomic E-state index is -4.70. The molecule has 0 amide bonds. The quantitative estimate of drug-likeness (QED) is 0.546. The van der Waals surface area contributed by atoms with Gasteiger partial charge in [0, 0.05) is 17.5 Å². The lowest BCUT2D eigenvalue weighted by atomic mass is 10.0. The van der Waals surface area contributed by atoms with Gasteiger partial charge in [-0.2, -0.15) is 13.2 Å². The highest BCUT2D eigenvalue weighted by atomic mass is 19.4. The normalized spacial score (nSPS) is 14.3. The van der Waals surface area contributed by atoms with Crippen LogP contribution >= 0.6 is 0 Å². The number of halogens is 3. The molecule has 0 aliphatic carbocycles. The second-order valence-electron chi connectivity index (χ2n) is 5.82. The number of nitrogens with zero attached hydrogens (tertiary/aromatic N) is 2. The molecule has 0 bridgehead atoms. The van der Waals surface area contributed by atoms with E-state index in [-0.39, 0.29) is 6.54 Å². The van der Waals surface area contributed by atoms with Gasteiger partial charge in [-0.25, -0.2) is 0 Å². The van der Waals surface area contributed by atoms with Gasteiger partial charge in [-0.1, -0.05) is 60.7 Å². The highest BCUT2D eigenvalue weighted by Gasteiger charge is 2.48. The molecule has 134 valence electrons. The summed E-state index contributed by atoms with van der Waals surface area (Å²) < 4.78 is 40.7. The van der Waals surface area contributed by atoms with E-state index in [0.717, 1.165) is 4.90 Å². The van der Waals surface area contributed by atoms with E-state index in [1.165, 1.54) is 0 Å². The lowest BCUT2D eigenvalue weighted by Gasteiger charge is -2.35. The Hall–Kier alpha value is -2.41. The van der Waals surface area contributed by atoms with Crippen LogP contribution in [0, 0.1) is 10.1 Å². The average Bonchev–Trinajstić information content (AvgIpc) is 2.58. The molecule has 0 N–H and O–H groups in total.